The summed E-state index contributed by atoms with van der Waals surface area (Å²) >= 11 is 0. The third kappa shape index (κ3) is 1.97. The maximum atomic E-state index is 4.60. The number of pyridine rings is 1. The summed E-state index contributed by atoms with van der Waals surface area (Å²) in [5, 5.41) is 2.58. The van der Waals surface area contributed by atoms with Gasteiger partial charge < -0.3 is 0 Å². The number of benzene rings is 1. The molecule has 2 aromatic rings. The Morgan fingerprint density at radius 2 is 2.06 bits per heavy atom. The topological polar surface area (TPSA) is 12.9 Å². The van der Waals surface area contributed by atoms with Crippen molar-refractivity contribution in [2.45, 2.75) is 26.2 Å². The molecule has 1 heteroatoms. The third-order valence-corrected chi connectivity index (χ3v) is 3.57. The average molecular weight is 223 g/mol. The lowest BCUT2D eigenvalue weighted by Crippen LogP contribution is -2.02. The standard InChI is InChI=1S/C16H17N/c1-12-5-4-7-14(11-12)16-15-8-3-2-6-13(15)9-10-17-16/h2-3,6,8-12H,4-5,7H2,1H3. The van der Waals surface area contributed by atoms with Gasteiger partial charge in [0.05, 0.1) is 5.69 Å². The zero-order valence-corrected chi connectivity index (χ0v) is 10.2. The first-order valence-electron chi connectivity index (χ1n) is 6.39. The van der Waals surface area contributed by atoms with Gasteiger partial charge >= 0.3 is 0 Å². The summed E-state index contributed by atoms with van der Waals surface area (Å²) in [6, 6.07) is 10.6. The van der Waals surface area contributed by atoms with E-state index >= 15 is 0 Å². The van der Waals surface area contributed by atoms with Gasteiger partial charge in [0.1, 0.15) is 0 Å². The summed E-state index contributed by atoms with van der Waals surface area (Å²) in [4.78, 5) is 4.60. The highest BCUT2D eigenvalue weighted by atomic mass is 14.7. The van der Waals surface area contributed by atoms with E-state index in [1.165, 1.54) is 41.3 Å². The second-order valence-electron chi connectivity index (χ2n) is 4.94. The van der Waals surface area contributed by atoms with Crippen LogP contribution in [0.3, 0.4) is 0 Å². The minimum atomic E-state index is 0.694. The highest BCUT2D eigenvalue weighted by Gasteiger charge is 2.13. The molecule has 1 aliphatic carbocycles. The van der Waals surface area contributed by atoms with Crippen LogP contribution < -0.4 is 0 Å². The van der Waals surface area contributed by atoms with Gasteiger partial charge in [-0.25, -0.2) is 0 Å². The zero-order valence-electron chi connectivity index (χ0n) is 10.2. The van der Waals surface area contributed by atoms with E-state index in [1.54, 1.807) is 0 Å². The predicted octanol–water partition coefficient (Wildman–Crippen LogP) is 4.44. The Hall–Kier alpha value is -1.63. The molecule has 0 fully saturated rings. The molecular weight excluding hydrogens is 206 g/mol. The molecule has 1 aromatic carbocycles. The van der Waals surface area contributed by atoms with Crippen molar-refractivity contribution in [3.63, 3.8) is 0 Å². The number of rotatable bonds is 1. The molecule has 0 spiro atoms. The Kier molecular flexibility index (Phi) is 2.68. The summed E-state index contributed by atoms with van der Waals surface area (Å²) in [5.74, 6) is 0.694. The summed E-state index contributed by atoms with van der Waals surface area (Å²) in [6.07, 6.45) is 8.10. The minimum absolute atomic E-state index is 0.694. The van der Waals surface area contributed by atoms with Gasteiger partial charge in [-0.05, 0) is 42.2 Å². The Labute approximate surface area is 102 Å². The molecule has 0 aliphatic heterocycles. The van der Waals surface area contributed by atoms with Crippen LogP contribution in [-0.4, -0.2) is 4.98 Å². The number of allylic oxidation sites excluding steroid dienone is 2. The molecule has 1 heterocycles. The second-order valence-corrected chi connectivity index (χ2v) is 4.94. The Morgan fingerprint density at radius 3 is 2.94 bits per heavy atom. The first kappa shape index (κ1) is 10.5. The highest BCUT2D eigenvalue weighted by molar-refractivity contribution is 5.92. The third-order valence-electron chi connectivity index (χ3n) is 3.57. The Bertz CT molecular complexity index is 563. The van der Waals surface area contributed by atoms with Crippen molar-refractivity contribution >= 4 is 16.3 Å². The number of fused-ring (bicyclic) bond motifs is 1. The van der Waals surface area contributed by atoms with Gasteiger partial charge in [-0.15, -0.1) is 0 Å². The van der Waals surface area contributed by atoms with E-state index in [0.717, 1.165) is 0 Å². The van der Waals surface area contributed by atoms with Crippen molar-refractivity contribution in [1.29, 1.82) is 0 Å². The van der Waals surface area contributed by atoms with Gasteiger partial charge in [0.15, 0.2) is 0 Å². The summed E-state index contributed by atoms with van der Waals surface area (Å²) in [5.41, 5.74) is 2.62. The van der Waals surface area contributed by atoms with Crippen molar-refractivity contribution in [3.8, 4) is 0 Å². The molecule has 1 aromatic heterocycles. The van der Waals surface area contributed by atoms with Gasteiger partial charge in [-0.1, -0.05) is 37.3 Å². The normalized spacial score (nSPS) is 20.3. The largest absolute Gasteiger partial charge is 0.256 e. The molecule has 1 unspecified atom stereocenters. The van der Waals surface area contributed by atoms with Gasteiger partial charge in [0, 0.05) is 11.6 Å². The van der Waals surface area contributed by atoms with Crippen LogP contribution in [-0.2, 0) is 0 Å². The van der Waals surface area contributed by atoms with Crippen LogP contribution >= 0.6 is 0 Å². The molecule has 1 atom stereocenters. The second kappa shape index (κ2) is 4.33. The van der Waals surface area contributed by atoms with Gasteiger partial charge in [-0.3, -0.25) is 4.98 Å². The smallest absolute Gasteiger partial charge is 0.0736 e. The zero-order chi connectivity index (χ0) is 11.7. The lowest BCUT2D eigenvalue weighted by Gasteiger charge is -2.18. The Morgan fingerprint density at radius 1 is 1.18 bits per heavy atom. The fourth-order valence-electron chi connectivity index (χ4n) is 2.70. The van der Waals surface area contributed by atoms with Gasteiger partial charge in [0.2, 0.25) is 0 Å². The monoisotopic (exact) mass is 223 g/mol. The molecular formula is C16H17N. The number of aromatic nitrogens is 1. The highest BCUT2D eigenvalue weighted by Crippen LogP contribution is 2.32. The molecule has 1 aliphatic rings. The minimum Gasteiger partial charge on any atom is -0.256 e. The van der Waals surface area contributed by atoms with Crippen LogP contribution in [0, 0.1) is 5.92 Å². The average Bonchev–Trinajstić information content (AvgIpc) is 2.38. The molecule has 0 radical (unpaired) electrons. The lowest BCUT2D eigenvalue weighted by atomic mass is 9.89. The molecule has 86 valence electrons. The van der Waals surface area contributed by atoms with Crippen molar-refractivity contribution in [1.82, 2.24) is 4.98 Å². The van der Waals surface area contributed by atoms with Crippen molar-refractivity contribution in [2.75, 3.05) is 0 Å². The summed E-state index contributed by atoms with van der Waals surface area (Å²) in [7, 11) is 0. The number of hydrogen-bond donors (Lipinski definition) is 0. The van der Waals surface area contributed by atoms with Crippen molar-refractivity contribution in [2.24, 2.45) is 5.92 Å². The van der Waals surface area contributed by atoms with E-state index in [0.29, 0.717) is 5.92 Å². The molecule has 3 rings (SSSR count). The first-order chi connectivity index (χ1) is 8.34. The van der Waals surface area contributed by atoms with Crippen LogP contribution in [0.1, 0.15) is 31.9 Å². The predicted molar refractivity (Wildman–Crippen MR) is 72.7 cm³/mol. The molecule has 0 saturated heterocycles. The summed E-state index contributed by atoms with van der Waals surface area (Å²) < 4.78 is 0. The van der Waals surface area contributed by atoms with Gasteiger partial charge in [0.25, 0.3) is 0 Å². The molecule has 0 saturated carbocycles. The van der Waals surface area contributed by atoms with Crippen LogP contribution in [0.4, 0.5) is 0 Å². The van der Waals surface area contributed by atoms with Crippen LogP contribution in [0.25, 0.3) is 16.3 Å². The summed E-state index contributed by atoms with van der Waals surface area (Å²) in [6.45, 7) is 2.30. The van der Waals surface area contributed by atoms with E-state index in [2.05, 4.69) is 48.3 Å². The lowest BCUT2D eigenvalue weighted by molar-refractivity contribution is 0.592. The van der Waals surface area contributed by atoms with E-state index in [9.17, 15) is 0 Å². The van der Waals surface area contributed by atoms with Gasteiger partial charge in [-0.2, -0.15) is 0 Å². The fourth-order valence-corrected chi connectivity index (χ4v) is 2.70. The van der Waals surface area contributed by atoms with Crippen molar-refractivity contribution in [3.05, 3.63) is 48.3 Å². The van der Waals surface area contributed by atoms with Crippen LogP contribution in [0.2, 0.25) is 0 Å². The van der Waals surface area contributed by atoms with E-state index in [1.807, 2.05) is 6.20 Å². The van der Waals surface area contributed by atoms with E-state index in [-0.39, 0.29) is 0 Å². The molecule has 0 amide bonds. The van der Waals surface area contributed by atoms with Crippen LogP contribution in [0.5, 0.6) is 0 Å². The molecule has 17 heavy (non-hydrogen) atoms. The quantitative estimate of drug-likeness (QED) is 0.696. The maximum absolute atomic E-state index is 4.60. The number of nitrogens with zero attached hydrogens (tertiary/aromatic N) is 1. The molecule has 0 N–H and O–H groups in total. The number of hydrogen-bond acceptors (Lipinski definition) is 1. The maximum Gasteiger partial charge on any atom is 0.0736 e. The Balaban J connectivity index is 2.17. The first-order valence-corrected chi connectivity index (χ1v) is 6.39. The van der Waals surface area contributed by atoms with E-state index in [4.69, 9.17) is 0 Å². The fraction of sp³-hybridized carbons (Fsp3) is 0.312. The molecule has 1 nitrogen and oxygen atoms in total. The van der Waals surface area contributed by atoms with Crippen LogP contribution in [0.15, 0.2) is 42.6 Å². The molecule has 0 bridgehead atoms. The van der Waals surface area contributed by atoms with E-state index < -0.39 is 0 Å². The SMILES string of the molecule is CC1C=C(c2nccc3ccccc23)CCC1. The van der Waals surface area contributed by atoms with Crippen molar-refractivity contribution < 1.29 is 0 Å².